The Bertz CT molecular complexity index is 404. The number of carbonyl (C=O) groups is 1. The van der Waals surface area contributed by atoms with E-state index in [4.69, 9.17) is 11.6 Å². The maximum Gasteiger partial charge on any atom is 0.153 e. The zero-order valence-corrected chi connectivity index (χ0v) is 7.51. The van der Waals surface area contributed by atoms with Gasteiger partial charge in [0, 0.05) is 23.7 Å². The Labute approximate surface area is 80.1 Å². The quantitative estimate of drug-likeness (QED) is 0.681. The highest BCUT2D eigenvalue weighted by molar-refractivity contribution is 6.52. The van der Waals surface area contributed by atoms with E-state index in [9.17, 15) is 4.79 Å². The van der Waals surface area contributed by atoms with Gasteiger partial charge in [-0.3, -0.25) is 9.79 Å². The Morgan fingerprint density at radius 2 is 2.46 bits per heavy atom. The van der Waals surface area contributed by atoms with Gasteiger partial charge < -0.3 is 4.98 Å². The molecule has 0 spiro atoms. The van der Waals surface area contributed by atoms with Crippen LogP contribution in [0.25, 0.3) is 5.03 Å². The van der Waals surface area contributed by atoms with E-state index in [2.05, 4.69) is 9.98 Å². The lowest BCUT2D eigenvalue weighted by atomic mass is 10.2. The Hall–Kier alpha value is -1.35. The Balaban J connectivity index is 2.62. The highest BCUT2D eigenvalue weighted by atomic mass is 35.5. The van der Waals surface area contributed by atoms with E-state index in [0.29, 0.717) is 23.4 Å². The fourth-order valence-electron chi connectivity index (χ4n) is 1.27. The normalized spacial score (nSPS) is 15.5. The monoisotopic (exact) mass is 194 g/mol. The number of fused-ring (bicyclic) bond motifs is 1. The molecule has 0 saturated heterocycles. The lowest BCUT2D eigenvalue weighted by molar-refractivity contribution is -0.104. The second-order valence-corrected chi connectivity index (χ2v) is 3.10. The highest BCUT2D eigenvalue weighted by Gasteiger charge is 2.13. The summed E-state index contributed by atoms with van der Waals surface area (Å²) in [5, 5.41) is 0.465. The number of allylic oxidation sites excluding steroid dienone is 1. The fourth-order valence-corrected chi connectivity index (χ4v) is 1.54. The summed E-state index contributed by atoms with van der Waals surface area (Å²) in [5.74, 6) is 0. The van der Waals surface area contributed by atoms with Crippen LogP contribution in [0.5, 0.6) is 0 Å². The molecule has 1 N–H and O–H groups in total. The minimum absolute atomic E-state index is 0.431. The van der Waals surface area contributed by atoms with Crippen molar-refractivity contribution < 1.29 is 4.79 Å². The van der Waals surface area contributed by atoms with Crippen LogP contribution in [0.15, 0.2) is 22.8 Å². The second kappa shape index (κ2) is 3.18. The molecular formula is C9H7ClN2O. The van der Waals surface area contributed by atoms with Gasteiger partial charge in [-0.25, -0.2) is 0 Å². The maximum atomic E-state index is 10.6. The van der Waals surface area contributed by atoms with Crippen molar-refractivity contribution in [3.63, 3.8) is 0 Å². The van der Waals surface area contributed by atoms with Crippen molar-refractivity contribution in [3.8, 4) is 0 Å². The molecular weight excluding hydrogens is 188 g/mol. The molecule has 1 aliphatic heterocycles. The summed E-state index contributed by atoms with van der Waals surface area (Å²) in [6.07, 6.45) is 4.01. The summed E-state index contributed by atoms with van der Waals surface area (Å²) >= 11 is 6.00. The summed E-state index contributed by atoms with van der Waals surface area (Å²) in [7, 11) is 0. The van der Waals surface area contributed by atoms with Crippen LogP contribution < -0.4 is 0 Å². The third-order valence-electron chi connectivity index (χ3n) is 1.93. The number of aromatic nitrogens is 1. The molecule has 0 fully saturated rings. The number of carbonyl (C=O) groups excluding carboxylic acids is 1. The van der Waals surface area contributed by atoms with Crippen molar-refractivity contribution in [3.05, 3.63) is 29.1 Å². The predicted octanol–water partition coefficient (Wildman–Crippen LogP) is 1.75. The molecule has 0 unspecified atom stereocenters. The Morgan fingerprint density at radius 3 is 3.23 bits per heavy atom. The van der Waals surface area contributed by atoms with Gasteiger partial charge in [0.2, 0.25) is 0 Å². The third kappa shape index (κ3) is 1.31. The first-order valence-electron chi connectivity index (χ1n) is 3.84. The lowest BCUT2D eigenvalue weighted by Crippen LogP contribution is -1.88. The summed E-state index contributed by atoms with van der Waals surface area (Å²) in [6.45, 7) is 0.538. The van der Waals surface area contributed by atoms with Crippen molar-refractivity contribution >= 4 is 29.1 Å². The first-order valence-corrected chi connectivity index (χ1v) is 4.22. The van der Waals surface area contributed by atoms with Gasteiger partial charge in [-0.1, -0.05) is 11.6 Å². The zero-order valence-electron chi connectivity index (χ0n) is 6.75. The molecule has 13 heavy (non-hydrogen) atoms. The standard InChI is InChI=1S/C9H7ClN2O/c10-9-6(5-13)3-11-4-8-7(9)1-2-12-8/h1-3,5,12H,4H2. The van der Waals surface area contributed by atoms with Crippen LogP contribution >= 0.6 is 11.6 Å². The Kier molecular flexibility index (Phi) is 2.02. The smallest absolute Gasteiger partial charge is 0.153 e. The van der Waals surface area contributed by atoms with Crippen LogP contribution in [0.4, 0.5) is 0 Å². The number of H-pyrrole nitrogens is 1. The Morgan fingerprint density at radius 1 is 1.62 bits per heavy atom. The largest absolute Gasteiger partial charge is 0.363 e. The van der Waals surface area contributed by atoms with E-state index in [1.807, 2.05) is 6.07 Å². The topological polar surface area (TPSA) is 45.2 Å². The molecule has 66 valence electrons. The third-order valence-corrected chi connectivity index (χ3v) is 2.35. The molecule has 0 bridgehead atoms. The SMILES string of the molecule is O=CC1=C(Cl)c2cc[nH]c2CN=C1. The van der Waals surface area contributed by atoms with E-state index in [-0.39, 0.29) is 0 Å². The van der Waals surface area contributed by atoms with Gasteiger partial charge in [-0.15, -0.1) is 0 Å². The zero-order chi connectivity index (χ0) is 9.26. The van der Waals surface area contributed by atoms with E-state index in [0.717, 1.165) is 11.3 Å². The van der Waals surface area contributed by atoms with Crippen molar-refractivity contribution in [1.82, 2.24) is 4.98 Å². The number of rotatable bonds is 1. The summed E-state index contributed by atoms with van der Waals surface area (Å²) in [4.78, 5) is 17.7. The van der Waals surface area contributed by atoms with Crippen LogP contribution in [-0.2, 0) is 11.3 Å². The summed E-state index contributed by atoms with van der Waals surface area (Å²) in [6, 6.07) is 1.84. The fraction of sp³-hybridized carbons (Fsp3) is 0.111. The molecule has 4 heteroatoms. The van der Waals surface area contributed by atoms with Crippen LogP contribution in [0.2, 0.25) is 0 Å². The van der Waals surface area contributed by atoms with Gasteiger partial charge in [0.25, 0.3) is 0 Å². The number of halogens is 1. The molecule has 0 aromatic carbocycles. The molecule has 0 radical (unpaired) electrons. The highest BCUT2D eigenvalue weighted by Crippen LogP contribution is 2.26. The minimum Gasteiger partial charge on any atom is -0.363 e. The molecule has 2 heterocycles. The van der Waals surface area contributed by atoms with Crippen molar-refractivity contribution in [2.45, 2.75) is 6.54 Å². The molecule has 3 nitrogen and oxygen atoms in total. The van der Waals surface area contributed by atoms with Crippen molar-refractivity contribution in [1.29, 1.82) is 0 Å². The molecule has 0 amide bonds. The molecule has 0 atom stereocenters. The molecule has 1 aromatic rings. The summed E-state index contributed by atoms with van der Waals surface area (Å²) < 4.78 is 0. The predicted molar refractivity (Wildman–Crippen MR) is 51.8 cm³/mol. The number of aldehydes is 1. The first kappa shape index (κ1) is 8.26. The molecule has 2 rings (SSSR count). The van der Waals surface area contributed by atoms with Gasteiger partial charge in [0.1, 0.15) is 0 Å². The molecule has 1 aliphatic rings. The van der Waals surface area contributed by atoms with E-state index >= 15 is 0 Å². The molecule has 0 saturated carbocycles. The van der Waals surface area contributed by atoms with Crippen LogP contribution in [0.3, 0.4) is 0 Å². The van der Waals surface area contributed by atoms with Gasteiger partial charge in [-0.05, 0) is 6.07 Å². The average Bonchev–Trinajstić information content (AvgIpc) is 2.54. The maximum absolute atomic E-state index is 10.6. The van der Waals surface area contributed by atoms with Crippen molar-refractivity contribution in [2.75, 3.05) is 0 Å². The van der Waals surface area contributed by atoms with Crippen LogP contribution in [0, 0.1) is 0 Å². The van der Waals surface area contributed by atoms with E-state index in [1.54, 1.807) is 6.20 Å². The van der Waals surface area contributed by atoms with E-state index in [1.165, 1.54) is 6.21 Å². The van der Waals surface area contributed by atoms with Gasteiger partial charge in [0.15, 0.2) is 6.29 Å². The van der Waals surface area contributed by atoms with Gasteiger partial charge >= 0.3 is 0 Å². The second-order valence-electron chi connectivity index (χ2n) is 2.73. The van der Waals surface area contributed by atoms with E-state index < -0.39 is 0 Å². The number of aliphatic imine (C=N–C) groups is 1. The van der Waals surface area contributed by atoms with Gasteiger partial charge in [0.05, 0.1) is 17.2 Å². The average molecular weight is 195 g/mol. The number of nitrogens with one attached hydrogen (secondary N) is 1. The van der Waals surface area contributed by atoms with Crippen molar-refractivity contribution in [2.24, 2.45) is 4.99 Å². The number of hydrogen-bond donors (Lipinski definition) is 1. The minimum atomic E-state index is 0.431. The van der Waals surface area contributed by atoms with Crippen LogP contribution in [-0.4, -0.2) is 17.5 Å². The lowest BCUT2D eigenvalue weighted by Gasteiger charge is -1.97. The first-order chi connectivity index (χ1) is 6.33. The number of aromatic amines is 1. The number of hydrogen-bond acceptors (Lipinski definition) is 2. The number of nitrogens with zero attached hydrogens (tertiary/aromatic N) is 1. The molecule has 0 aliphatic carbocycles. The summed E-state index contributed by atoms with van der Waals surface area (Å²) in [5.41, 5.74) is 2.24. The van der Waals surface area contributed by atoms with Gasteiger partial charge in [-0.2, -0.15) is 0 Å². The van der Waals surface area contributed by atoms with Crippen LogP contribution in [0.1, 0.15) is 11.3 Å². The molecule has 1 aromatic heterocycles.